The average Bonchev–Trinajstić information content (AvgIpc) is 3.46. The zero-order chi connectivity index (χ0) is 28.7. The molecule has 2 amide bonds. The molecule has 1 fully saturated rings. The number of hydrogen-bond acceptors (Lipinski definition) is 4. The zero-order valence-corrected chi connectivity index (χ0v) is 23.9. The molecule has 10 heteroatoms. The van der Waals surface area contributed by atoms with Crippen molar-refractivity contribution in [2.45, 2.75) is 62.6 Å². The Hall–Kier alpha value is -3.43. The number of sulfonamides is 1. The summed E-state index contributed by atoms with van der Waals surface area (Å²) in [6.45, 7) is 1.27. The second-order valence-electron chi connectivity index (χ2n) is 9.86. The number of anilines is 1. The van der Waals surface area contributed by atoms with Gasteiger partial charge < -0.3 is 10.2 Å². The lowest BCUT2D eigenvalue weighted by Crippen LogP contribution is -2.53. The molecule has 212 valence electrons. The minimum absolute atomic E-state index is 0.00947. The fraction of sp³-hybridized carbons (Fsp3) is 0.333. The Morgan fingerprint density at radius 2 is 1.60 bits per heavy atom. The maximum absolute atomic E-state index is 14.0. The molecular weight excluding hydrogens is 553 g/mol. The molecule has 0 heterocycles. The molecule has 0 saturated heterocycles. The summed E-state index contributed by atoms with van der Waals surface area (Å²) in [6.07, 6.45) is 4.15. The van der Waals surface area contributed by atoms with Crippen LogP contribution in [0.1, 0.15) is 44.6 Å². The number of carbonyl (C=O) groups is 2. The molecule has 0 radical (unpaired) electrons. The van der Waals surface area contributed by atoms with E-state index in [1.807, 2.05) is 6.92 Å². The largest absolute Gasteiger partial charge is 0.352 e. The average molecular weight is 586 g/mol. The first-order chi connectivity index (χ1) is 19.2. The summed E-state index contributed by atoms with van der Waals surface area (Å²) in [5.41, 5.74) is 0.873. The van der Waals surface area contributed by atoms with E-state index in [1.165, 1.54) is 41.3 Å². The smallest absolute Gasteiger partial charge is 0.264 e. The first kappa shape index (κ1) is 29.6. The summed E-state index contributed by atoms with van der Waals surface area (Å²) in [4.78, 5) is 28.9. The van der Waals surface area contributed by atoms with Gasteiger partial charge in [-0.1, -0.05) is 61.7 Å². The summed E-state index contributed by atoms with van der Waals surface area (Å²) in [5, 5.41) is 3.48. The van der Waals surface area contributed by atoms with Crippen LogP contribution in [0.25, 0.3) is 0 Å². The maximum Gasteiger partial charge on any atom is 0.264 e. The van der Waals surface area contributed by atoms with E-state index in [1.54, 1.807) is 42.5 Å². The van der Waals surface area contributed by atoms with Gasteiger partial charge in [0.1, 0.15) is 18.4 Å². The van der Waals surface area contributed by atoms with Crippen LogP contribution in [0.2, 0.25) is 5.02 Å². The molecular formula is C30H33ClFN3O4S. The lowest BCUT2D eigenvalue weighted by molar-refractivity contribution is -0.140. The molecule has 1 aliphatic rings. The van der Waals surface area contributed by atoms with Crippen molar-refractivity contribution in [2.24, 2.45) is 0 Å². The summed E-state index contributed by atoms with van der Waals surface area (Å²) < 4.78 is 42.2. The van der Waals surface area contributed by atoms with Crippen molar-refractivity contribution in [3.05, 3.63) is 95.3 Å². The number of hydrogen-bond donors (Lipinski definition) is 1. The second kappa shape index (κ2) is 13.3. The van der Waals surface area contributed by atoms with Crippen LogP contribution in [-0.4, -0.2) is 43.8 Å². The van der Waals surface area contributed by atoms with Crippen molar-refractivity contribution < 1.29 is 22.4 Å². The molecule has 0 unspecified atom stereocenters. The van der Waals surface area contributed by atoms with Crippen LogP contribution in [-0.2, 0) is 26.2 Å². The quantitative estimate of drug-likeness (QED) is 0.320. The van der Waals surface area contributed by atoms with Crippen LogP contribution in [0.4, 0.5) is 10.1 Å². The van der Waals surface area contributed by atoms with Gasteiger partial charge in [0.15, 0.2) is 0 Å². The SMILES string of the molecule is CC[C@H](C(=O)NC1CCCC1)N(Cc1ccc(F)cc1)C(=O)CN(c1ccc(Cl)cc1)S(=O)(=O)c1ccccc1. The van der Waals surface area contributed by atoms with Crippen molar-refractivity contribution in [3.63, 3.8) is 0 Å². The molecule has 0 aromatic heterocycles. The summed E-state index contributed by atoms with van der Waals surface area (Å²) in [7, 11) is -4.15. The van der Waals surface area contributed by atoms with Gasteiger partial charge in [0.25, 0.3) is 10.0 Å². The van der Waals surface area contributed by atoms with E-state index in [4.69, 9.17) is 11.6 Å². The Morgan fingerprint density at radius 1 is 0.975 bits per heavy atom. The molecule has 7 nitrogen and oxygen atoms in total. The fourth-order valence-electron chi connectivity index (χ4n) is 4.93. The van der Waals surface area contributed by atoms with Crippen LogP contribution < -0.4 is 9.62 Å². The Balaban J connectivity index is 1.69. The molecule has 1 atom stereocenters. The van der Waals surface area contributed by atoms with Crippen molar-refractivity contribution in [1.82, 2.24) is 10.2 Å². The highest BCUT2D eigenvalue weighted by atomic mass is 35.5. The predicted octanol–water partition coefficient (Wildman–Crippen LogP) is 5.54. The van der Waals surface area contributed by atoms with E-state index in [0.717, 1.165) is 30.0 Å². The van der Waals surface area contributed by atoms with E-state index in [9.17, 15) is 22.4 Å². The highest BCUT2D eigenvalue weighted by Gasteiger charge is 2.34. The fourth-order valence-corrected chi connectivity index (χ4v) is 6.49. The summed E-state index contributed by atoms with van der Waals surface area (Å²) in [5.74, 6) is -1.27. The molecule has 0 bridgehead atoms. The Labute approximate surface area is 240 Å². The highest BCUT2D eigenvalue weighted by molar-refractivity contribution is 7.92. The third kappa shape index (κ3) is 7.20. The molecule has 1 N–H and O–H groups in total. The Morgan fingerprint density at radius 3 is 2.20 bits per heavy atom. The van der Waals surface area contributed by atoms with E-state index in [-0.39, 0.29) is 29.1 Å². The molecule has 1 aliphatic carbocycles. The first-order valence-corrected chi connectivity index (χ1v) is 15.2. The van der Waals surface area contributed by atoms with Gasteiger partial charge in [0.05, 0.1) is 10.6 Å². The van der Waals surface area contributed by atoms with E-state index < -0.39 is 34.3 Å². The number of amides is 2. The molecule has 3 aromatic carbocycles. The van der Waals surface area contributed by atoms with E-state index in [2.05, 4.69) is 5.32 Å². The van der Waals surface area contributed by atoms with Crippen molar-refractivity contribution in [3.8, 4) is 0 Å². The van der Waals surface area contributed by atoms with Crippen LogP contribution in [0.15, 0.2) is 83.8 Å². The standard InChI is InChI=1S/C30H33ClFN3O4S/c1-2-28(30(37)33-25-8-6-7-9-25)34(20-22-12-16-24(32)17-13-22)29(36)21-35(26-18-14-23(31)15-19-26)40(38,39)27-10-4-3-5-11-27/h3-5,10-19,25,28H,2,6-9,20-21H2,1H3,(H,33,37)/t28-/m1/s1. The van der Waals surface area contributed by atoms with Gasteiger partial charge in [-0.15, -0.1) is 0 Å². The minimum Gasteiger partial charge on any atom is -0.352 e. The van der Waals surface area contributed by atoms with Gasteiger partial charge in [-0.25, -0.2) is 12.8 Å². The lowest BCUT2D eigenvalue weighted by atomic mass is 10.1. The van der Waals surface area contributed by atoms with Gasteiger partial charge in [0.2, 0.25) is 11.8 Å². The van der Waals surface area contributed by atoms with E-state index >= 15 is 0 Å². The number of nitrogens with zero attached hydrogens (tertiary/aromatic N) is 2. The third-order valence-corrected chi connectivity index (χ3v) is 9.12. The molecule has 0 aliphatic heterocycles. The monoisotopic (exact) mass is 585 g/mol. The van der Waals surface area contributed by atoms with Crippen molar-refractivity contribution in [1.29, 1.82) is 0 Å². The number of nitrogens with one attached hydrogen (secondary N) is 1. The highest BCUT2D eigenvalue weighted by Crippen LogP contribution is 2.26. The van der Waals surface area contributed by atoms with Gasteiger partial charge in [0, 0.05) is 17.6 Å². The van der Waals surface area contributed by atoms with Gasteiger partial charge in [-0.2, -0.15) is 0 Å². The normalized spacial score (nSPS) is 14.5. The molecule has 1 saturated carbocycles. The number of rotatable bonds is 11. The van der Waals surface area contributed by atoms with E-state index in [0.29, 0.717) is 17.0 Å². The predicted molar refractivity (Wildman–Crippen MR) is 154 cm³/mol. The van der Waals surface area contributed by atoms with Gasteiger partial charge in [-0.05, 0) is 73.4 Å². The van der Waals surface area contributed by atoms with Crippen molar-refractivity contribution in [2.75, 3.05) is 10.8 Å². The lowest BCUT2D eigenvalue weighted by Gasteiger charge is -2.33. The molecule has 4 rings (SSSR count). The zero-order valence-electron chi connectivity index (χ0n) is 22.3. The maximum atomic E-state index is 14.0. The molecule has 40 heavy (non-hydrogen) atoms. The van der Waals surface area contributed by atoms with Crippen molar-refractivity contribution >= 4 is 39.1 Å². The molecule has 3 aromatic rings. The Bertz CT molecular complexity index is 1400. The first-order valence-electron chi connectivity index (χ1n) is 13.4. The van der Waals surface area contributed by atoms with Crippen LogP contribution in [0.3, 0.4) is 0 Å². The second-order valence-corrected chi connectivity index (χ2v) is 12.2. The van der Waals surface area contributed by atoms with Gasteiger partial charge in [-0.3, -0.25) is 13.9 Å². The van der Waals surface area contributed by atoms with Crippen LogP contribution in [0, 0.1) is 5.82 Å². The summed E-state index contributed by atoms with van der Waals surface area (Å²) >= 11 is 6.06. The van der Waals surface area contributed by atoms with Crippen LogP contribution >= 0.6 is 11.6 Å². The van der Waals surface area contributed by atoms with Gasteiger partial charge >= 0.3 is 0 Å². The summed E-state index contributed by atoms with van der Waals surface area (Å²) in [6, 6.07) is 18.9. The molecule has 0 spiro atoms. The number of halogens is 2. The topological polar surface area (TPSA) is 86.8 Å². The third-order valence-electron chi connectivity index (χ3n) is 7.08. The van der Waals surface area contributed by atoms with Crippen LogP contribution in [0.5, 0.6) is 0 Å². The number of benzene rings is 3. The minimum atomic E-state index is -4.15. The number of carbonyl (C=O) groups excluding carboxylic acids is 2. The Kier molecular flexibility index (Phi) is 9.81.